The molecule has 2 heterocycles. The Hall–Kier alpha value is -3.10. The van der Waals surface area contributed by atoms with E-state index in [9.17, 15) is 27.5 Å². The molecule has 0 aliphatic heterocycles. The van der Waals surface area contributed by atoms with E-state index in [4.69, 9.17) is 4.74 Å². The zero-order valence-corrected chi connectivity index (χ0v) is 12.6. The van der Waals surface area contributed by atoms with Crippen molar-refractivity contribution in [3.05, 3.63) is 58.4 Å². The van der Waals surface area contributed by atoms with Gasteiger partial charge >= 0.3 is 6.18 Å². The van der Waals surface area contributed by atoms with Gasteiger partial charge in [0.15, 0.2) is 5.69 Å². The molecule has 130 valence electrons. The van der Waals surface area contributed by atoms with Gasteiger partial charge in [0.2, 0.25) is 0 Å². The molecule has 0 radical (unpaired) electrons. The number of nitrogens with zero attached hydrogens (tertiary/aromatic N) is 2. The van der Waals surface area contributed by atoms with Crippen LogP contribution in [0.2, 0.25) is 0 Å². The summed E-state index contributed by atoms with van der Waals surface area (Å²) in [6.45, 7) is 0. The Morgan fingerprint density at radius 1 is 1.20 bits per heavy atom. The van der Waals surface area contributed by atoms with Gasteiger partial charge in [-0.15, -0.1) is 0 Å². The molecule has 0 atom stereocenters. The minimum Gasteiger partial charge on any atom is -0.508 e. The van der Waals surface area contributed by atoms with Gasteiger partial charge in [-0.2, -0.15) is 13.2 Å². The van der Waals surface area contributed by atoms with E-state index >= 15 is 0 Å². The molecule has 0 aliphatic rings. The molecule has 2 aromatic heterocycles. The molecular formula is C16H10F4N2O3. The van der Waals surface area contributed by atoms with Crippen molar-refractivity contribution in [1.29, 1.82) is 0 Å². The normalized spacial score (nSPS) is 11.7. The Labute approximate surface area is 137 Å². The van der Waals surface area contributed by atoms with E-state index in [1.54, 1.807) is 0 Å². The van der Waals surface area contributed by atoms with Gasteiger partial charge in [-0.05, 0) is 18.2 Å². The summed E-state index contributed by atoms with van der Waals surface area (Å²) in [5.74, 6) is -1.44. The first-order valence-electron chi connectivity index (χ1n) is 6.89. The molecule has 0 amide bonds. The van der Waals surface area contributed by atoms with E-state index in [0.29, 0.717) is 6.07 Å². The smallest absolute Gasteiger partial charge is 0.434 e. The van der Waals surface area contributed by atoms with Crippen LogP contribution in [0.1, 0.15) is 5.69 Å². The Morgan fingerprint density at radius 3 is 2.52 bits per heavy atom. The molecule has 25 heavy (non-hydrogen) atoms. The van der Waals surface area contributed by atoms with E-state index < -0.39 is 40.1 Å². The molecule has 1 aromatic carbocycles. The lowest BCUT2D eigenvalue weighted by Crippen LogP contribution is -2.24. The summed E-state index contributed by atoms with van der Waals surface area (Å²) in [6, 6.07) is 5.03. The van der Waals surface area contributed by atoms with Crippen molar-refractivity contribution < 1.29 is 27.4 Å². The number of fused-ring (bicyclic) bond motifs is 1. The second kappa shape index (κ2) is 5.76. The van der Waals surface area contributed by atoms with Crippen LogP contribution in [-0.2, 0) is 6.18 Å². The van der Waals surface area contributed by atoms with Crippen molar-refractivity contribution in [2.45, 2.75) is 6.18 Å². The second-order valence-electron chi connectivity index (χ2n) is 5.10. The fourth-order valence-corrected chi connectivity index (χ4v) is 2.40. The number of pyridine rings is 1. The van der Waals surface area contributed by atoms with Crippen molar-refractivity contribution >= 4 is 5.65 Å². The molecule has 1 N–H and O–H groups in total. The number of hydrogen-bond donors (Lipinski definition) is 1. The maximum Gasteiger partial charge on any atom is 0.434 e. The van der Waals surface area contributed by atoms with E-state index in [0.717, 1.165) is 22.6 Å². The number of phenolic OH excluding ortho intramolecular Hbond substituents is 1. The van der Waals surface area contributed by atoms with Gasteiger partial charge < -0.3 is 9.84 Å². The molecule has 9 heteroatoms. The third kappa shape index (κ3) is 2.88. The Morgan fingerprint density at radius 2 is 1.92 bits per heavy atom. The molecule has 0 bridgehead atoms. The Balaban J connectivity index is 2.44. The molecule has 5 nitrogen and oxygen atoms in total. The van der Waals surface area contributed by atoms with E-state index in [-0.39, 0.29) is 11.4 Å². The number of aromatic nitrogens is 2. The largest absolute Gasteiger partial charge is 0.508 e. The molecule has 3 rings (SSSR count). The van der Waals surface area contributed by atoms with Crippen molar-refractivity contribution in [1.82, 2.24) is 9.38 Å². The number of benzene rings is 1. The number of methoxy groups -OCH3 is 1. The van der Waals surface area contributed by atoms with E-state index in [1.807, 2.05) is 0 Å². The number of hydrogen-bond acceptors (Lipinski definition) is 4. The van der Waals surface area contributed by atoms with Crippen LogP contribution in [0, 0.1) is 5.82 Å². The minimum atomic E-state index is -4.99. The topological polar surface area (TPSA) is 63.8 Å². The van der Waals surface area contributed by atoms with Gasteiger partial charge in [-0.25, -0.2) is 9.37 Å². The highest BCUT2D eigenvalue weighted by molar-refractivity contribution is 5.69. The molecule has 3 aromatic rings. The van der Waals surface area contributed by atoms with Crippen LogP contribution in [-0.4, -0.2) is 21.6 Å². The van der Waals surface area contributed by atoms with E-state index in [2.05, 4.69) is 4.98 Å². The van der Waals surface area contributed by atoms with Crippen LogP contribution < -0.4 is 10.3 Å². The molecule has 0 spiro atoms. The summed E-state index contributed by atoms with van der Waals surface area (Å²) in [4.78, 5) is 16.1. The average Bonchev–Trinajstić information content (AvgIpc) is 2.54. The SMILES string of the molecule is COc1ccn2c(=O)c(-c3ccc(O)cc3F)c(C(F)(F)F)nc2c1. The predicted octanol–water partition coefficient (Wildman–Crippen LogP) is 3.23. The number of aromatic hydroxyl groups is 1. The number of rotatable bonds is 2. The summed E-state index contributed by atoms with van der Waals surface area (Å²) in [7, 11) is 1.31. The number of ether oxygens (including phenoxy) is 1. The zero-order valence-electron chi connectivity index (χ0n) is 12.6. The van der Waals surface area contributed by atoms with Gasteiger partial charge in [0.1, 0.15) is 23.0 Å². The lowest BCUT2D eigenvalue weighted by molar-refractivity contribution is -0.140. The summed E-state index contributed by atoms with van der Waals surface area (Å²) in [5, 5.41) is 9.24. The molecule has 0 saturated carbocycles. The van der Waals surface area contributed by atoms with E-state index in [1.165, 1.54) is 19.4 Å². The predicted molar refractivity (Wildman–Crippen MR) is 80.1 cm³/mol. The maximum absolute atomic E-state index is 14.1. The average molecular weight is 354 g/mol. The first kappa shape index (κ1) is 16.7. The van der Waals surface area contributed by atoms with Crippen LogP contribution in [0.25, 0.3) is 16.8 Å². The fourth-order valence-electron chi connectivity index (χ4n) is 2.40. The van der Waals surface area contributed by atoms with Crippen molar-refractivity contribution in [3.63, 3.8) is 0 Å². The van der Waals surface area contributed by atoms with Crippen LogP contribution in [0.4, 0.5) is 17.6 Å². The van der Waals surface area contributed by atoms with Gasteiger partial charge in [0, 0.05) is 23.9 Å². The first-order valence-corrected chi connectivity index (χ1v) is 6.89. The molecule has 0 fully saturated rings. The lowest BCUT2D eigenvalue weighted by atomic mass is 10.0. The third-order valence-corrected chi connectivity index (χ3v) is 3.53. The van der Waals surface area contributed by atoms with Gasteiger partial charge in [0.05, 0.1) is 12.7 Å². The monoisotopic (exact) mass is 354 g/mol. The molecular weight excluding hydrogens is 344 g/mol. The second-order valence-corrected chi connectivity index (χ2v) is 5.10. The highest BCUT2D eigenvalue weighted by atomic mass is 19.4. The summed E-state index contributed by atoms with van der Waals surface area (Å²) < 4.78 is 60.1. The van der Waals surface area contributed by atoms with Gasteiger partial charge in [-0.3, -0.25) is 9.20 Å². The highest BCUT2D eigenvalue weighted by Gasteiger charge is 2.38. The number of phenols is 1. The molecule has 0 aliphatic carbocycles. The number of halogens is 4. The first-order chi connectivity index (χ1) is 11.7. The third-order valence-electron chi connectivity index (χ3n) is 3.53. The summed E-state index contributed by atoms with van der Waals surface area (Å²) >= 11 is 0. The molecule has 0 unspecified atom stereocenters. The fraction of sp³-hybridized carbons (Fsp3) is 0.125. The van der Waals surface area contributed by atoms with Crippen molar-refractivity contribution in [2.24, 2.45) is 0 Å². The van der Waals surface area contributed by atoms with Crippen LogP contribution >= 0.6 is 0 Å². The Bertz CT molecular complexity index is 1030. The van der Waals surface area contributed by atoms with Gasteiger partial charge in [0.25, 0.3) is 5.56 Å². The van der Waals surface area contributed by atoms with Gasteiger partial charge in [-0.1, -0.05) is 0 Å². The Kier molecular flexibility index (Phi) is 3.86. The number of alkyl halides is 3. The summed E-state index contributed by atoms with van der Waals surface area (Å²) in [6.07, 6.45) is -3.80. The summed E-state index contributed by atoms with van der Waals surface area (Å²) in [5.41, 5.74) is -4.44. The molecule has 0 saturated heterocycles. The minimum absolute atomic E-state index is 0.212. The lowest BCUT2D eigenvalue weighted by Gasteiger charge is -2.14. The van der Waals surface area contributed by atoms with Crippen molar-refractivity contribution in [2.75, 3.05) is 7.11 Å². The van der Waals surface area contributed by atoms with Crippen LogP contribution in [0.3, 0.4) is 0 Å². The van der Waals surface area contributed by atoms with Crippen molar-refractivity contribution in [3.8, 4) is 22.6 Å². The quantitative estimate of drug-likeness (QED) is 0.718. The highest BCUT2D eigenvalue weighted by Crippen LogP contribution is 2.36. The van der Waals surface area contributed by atoms with Crippen LogP contribution in [0.5, 0.6) is 11.5 Å². The maximum atomic E-state index is 14.1. The zero-order chi connectivity index (χ0) is 18.4. The van der Waals surface area contributed by atoms with Crippen LogP contribution in [0.15, 0.2) is 41.3 Å². The standard InChI is InChI=1S/C16H10F4N2O3/c1-25-9-4-5-22-12(7-9)21-14(16(18,19)20)13(15(22)24)10-3-2-8(23)6-11(10)17/h2-7,23H,1H3.